The van der Waals surface area contributed by atoms with Gasteiger partial charge in [0.05, 0.1) is 6.61 Å². The van der Waals surface area contributed by atoms with Crippen molar-refractivity contribution in [2.45, 2.75) is 13.8 Å². The van der Waals surface area contributed by atoms with Crippen LogP contribution in [0, 0.1) is 0 Å². The number of hydrogen-bond acceptors (Lipinski definition) is 4. The molecule has 0 bridgehead atoms. The Morgan fingerprint density at radius 1 is 1.43 bits per heavy atom. The molecule has 84 valence electrons. The number of carbonyl (C=O) groups is 1. The lowest BCUT2D eigenvalue weighted by Gasteiger charge is -1.97. The molecule has 8 heteroatoms. The van der Waals surface area contributed by atoms with Crippen LogP contribution in [0.15, 0.2) is 12.2 Å². The Labute approximate surface area is 81.1 Å². The van der Waals surface area contributed by atoms with Gasteiger partial charge in [-0.2, -0.15) is 4.89 Å². The van der Waals surface area contributed by atoms with Crippen molar-refractivity contribution in [3.63, 3.8) is 0 Å². The maximum atomic E-state index is 10.5. The van der Waals surface area contributed by atoms with Gasteiger partial charge in [-0.05, 0) is 13.8 Å². The third-order valence-electron chi connectivity index (χ3n) is 0.601. The fourth-order valence-electron chi connectivity index (χ4n) is 0.184. The standard InChI is InChI=1S/C6H10O3.H3O4P/c1-4-8-9-6(7)5(2)3;1-5(2,3)4/h2,4H2,1,3H3;(H3,1,2,3,4). The van der Waals surface area contributed by atoms with Gasteiger partial charge in [-0.25, -0.2) is 9.36 Å². The Hall–Kier alpha value is -0.720. The highest BCUT2D eigenvalue weighted by atomic mass is 31.2. The molecule has 0 amide bonds. The molecule has 0 heterocycles. The second kappa shape index (κ2) is 7.66. The summed E-state index contributed by atoms with van der Waals surface area (Å²) in [5.41, 5.74) is 0.337. The first kappa shape index (κ1) is 15.7. The molecule has 0 rings (SSSR count). The van der Waals surface area contributed by atoms with Gasteiger partial charge in [-0.3, -0.25) is 4.89 Å². The lowest BCUT2D eigenvalue weighted by molar-refractivity contribution is -0.265. The van der Waals surface area contributed by atoms with E-state index in [2.05, 4.69) is 16.4 Å². The van der Waals surface area contributed by atoms with Crippen LogP contribution in [0.1, 0.15) is 13.8 Å². The minimum atomic E-state index is -4.64. The summed E-state index contributed by atoms with van der Waals surface area (Å²) >= 11 is 0. The van der Waals surface area contributed by atoms with Gasteiger partial charge in [0, 0.05) is 5.57 Å². The molecule has 0 spiro atoms. The Balaban J connectivity index is 0. The first-order chi connectivity index (χ1) is 6.18. The molecule has 3 N–H and O–H groups in total. The second-order valence-corrected chi connectivity index (χ2v) is 3.10. The number of carbonyl (C=O) groups excluding carboxylic acids is 1. The van der Waals surface area contributed by atoms with Crippen molar-refractivity contribution in [1.29, 1.82) is 0 Å². The smallest absolute Gasteiger partial charge is 0.303 e. The van der Waals surface area contributed by atoms with Crippen molar-refractivity contribution in [1.82, 2.24) is 0 Å². The van der Waals surface area contributed by atoms with Gasteiger partial charge in [0.1, 0.15) is 0 Å². The van der Waals surface area contributed by atoms with E-state index in [-0.39, 0.29) is 0 Å². The van der Waals surface area contributed by atoms with Crippen LogP contribution in [0.4, 0.5) is 0 Å². The SMILES string of the molecule is C=C(C)C(=O)OOCC.O=P(O)(O)O. The van der Waals surface area contributed by atoms with Crippen LogP contribution in [-0.2, 0) is 19.1 Å². The quantitative estimate of drug-likeness (QED) is 0.272. The Morgan fingerprint density at radius 3 is 2.00 bits per heavy atom. The van der Waals surface area contributed by atoms with E-state index in [1.165, 1.54) is 0 Å². The molecule has 0 aromatic heterocycles. The average molecular weight is 228 g/mol. The van der Waals surface area contributed by atoms with E-state index < -0.39 is 13.8 Å². The van der Waals surface area contributed by atoms with Crippen LogP contribution in [-0.4, -0.2) is 27.3 Å². The van der Waals surface area contributed by atoms with Crippen molar-refractivity contribution in [2.75, 3.05) is 6.61 Å². The first-order valence-electron chi connectivity index (χ1n) is 3.46. The highest BCUT2D eigenvalue weighted by Crippen LogP contribution is 2.25. The summed E-state index contributed by atoms with van der Waals surface area (Å²) in [6.45, 7) is 7.00. The summed E-state index contributed by atoms with van der Waals surface area (Å²) in [5, 5.41) is 0. The van der Waals surface area contributed by atoms with Crippen molar-refractivity contribution in [3.8, 4) is 0 Å². The summed E-state index contributed by atoms with van der Waals surface area (Å²) < 4.78 is 8.88. The van der Waals surface area contributed by atoms with Crippen LogP contribution in [0.2, 0.25) is 0 Å². The van der Waals surface area contributed by atoms with Crippen LogP contribution in [0.25, 0.3) is 0 Å². The Kier molecular flexibility index (Phi) is 8.61. The fraction of sp³-hybridized carbons (Fsp3) is 0.500. The molecule has 0 aliphatic rings. The van der Waals surface area contributed by atoms with Crippen LogP contribution >= 0.6 is 7.82 Å². The molecule has 0 aromatic carbocycles. The van der Waals surface area contributed by atoms with Gasteiger partial charge in [0.25, 0.3) is 0 Å². The summed E-state index contributed by atoms with van der Waals surface area (Å²) in [6, 6.07) is 0. The zero-order valence-corrected chi connectivity index (χ0v) is 8.73. The van der Waals surface area contributed by atoms with E-state index in [9.17, 15) is 4.79 Å². The molecule has 0 radical (unpaired) electrons. The largest absolute Gasteiger partial charge is 0.466 e. The van der Waals surface area contributed by atoms with Crippen molar-refractivity contribution < 1.29 is 33.8 Å². The highest BCUT2D eigenvalue weighted by Gasteiger charge is 2.01. The molecule has 14 heavy (non-hydrogen) atoms. The number of hydrogen-bond donors (Lipinski definition) is 3. The number of rotatable bonds is 3. The molecular weight excluding hydrogens is 215 g/mol. The first-order valence-corrected chi connectivity index (χ1v) is 5.02. The molecule has 0 atom stereocenters. The minimum Gasteiger partial charge on any atom is -0.303 e. The third-order valence-corrected chi connectivity index (χ3v) is 0.601. The van der Waals surface area contributed by atoms with Crippen molar-refractivity contribution in [3.05, 3.63) is 12.2 Å². The zero-order chi connectivity index (χ0) is 11.8. The molecule has 0 saturated carbocycles. The molecule has 0 unspecified atom stereocenters. The van der Waals surface area contributed by atoms with E-state index in [1.54, 1.807) is 13.8 Å². The van der Waals surface area contributed by atoms with Crippen molar-refractivity contribution in [2.24, 2.45) is 0 Å². The fourth-order valence-corrected chi connectivity index (χ4v) is 0.184. The minimum absolute atomic E-state index is 0.337. The molecule has 0 fully saturated rings. The van der Waals surface area contributed by atoms with E-state index in [4.69, 9.17) is 19.2 Å². The number of phosphoric acid groups is 1. The highest BCUT2D eigenvalue weighted by molar-refractivity contribution is 7.45. The monoisotopic (exact) mass is 228 g/mol. The van der Waals surface area contributed by atoms with Crippen LogP contribution in [0.3, 0.4) is 0 Å². The second-order valence-electron chi connectivity index (χ2n) is 2.07. The van der Waals surface area contributed by atoms with Crippen LogP contribution in [0.5, 0.6) is 0 Å². The molecule has 0 aliphatic heterocycles. The van der Waals surface area contributed by atoms with E-state index in [0.29, 0.717) is 12.2 Å². The molecule has 0 aliphatic carbocycles. The Bertz CT molecular complexity index is 222. The maximum absolute atomic E-state index is 10.5. The zero-order valence-electron chi connectivity index (χ0n) is 7.84. The van der Waals surface area contributed by atoms with E-state index >= 15 is 0 Å². The molecule has 7 nitrogen and oxygen atoms in total. The third kappa shape index (κ3) is 22.5. The maximum Gasteiger partial charge on any atom is 0.466 e. The van der Waals surface area contributed by atoms with Gasteiger partial charge in [-0.15, -0.1) is 0 Å². The van der Waals surface area contributed by atoms with Gasteiger partial charge >= 0.3 is 13.8 Å². The summed E-state index contributed by atoms with van der Waals surface area (Å²) in [4.78, 5) is 40.6. The lowest BCUT2D eigenvalue weighted by Crippen LogP contribution is -2.05. The van der Waals surface area contributed by atoms with Gasteiger partial charge in [0.15, 0.2) is 0 Å². The Morgan fingerprint density at radius 2 is 1.79 bits per heavy atom. The lowest BCUT2D eigenvalue weighted by atomic mass is 10.4. The molecule has 0 aromatic rings. The van der Waals surface area contributed by atoms with Gasteiger partial charge in [-0.1, -0.05) is 6.58 Å². The topological polar surface area (TPSA) is 113 Å². The normalized spacial score (nSPS) is 9.79. The average Bonchev–Trinajstić information content (AvgIpc) is 1.96. The summed E-state index contributed by atoms with van der Waals surface area (Å²) in [7, 11) is -4.64. The van der Waals surface area contributed by atoms with Crippen molar-refractivity contribution >= 4 is 13.8 Å². The van der Waals surface area contributed by atoms with Crippen LogP contribution < -0.4 is 0 Å². The predicted molar refractivity (Wildman–Crippen MR) is 46.8 cm³/mol. The van der Waals surface area contributed by atoms with Gasteiger partial charge in [0.2, 0.25) is 0 Å². The predicted octanol–water partition coefficient (Wildman–Crippen LogP) is 0.129. The van der Waals surface area contributed by atoms with E-state index in [0.717, 1.165) is 0 Å². The molecular formula is C6H13O7P. The van der Waals surface area contributed by atoms with Gasteiger partial charge < -0.3 is 14.7 Å². The summed E-state index contributed by atoms with van der Waals surface area (Å²) in [6.07, 6.45) is 0. The van der Waals surface area contributed by atoms with E-state index in [1.807, 2.05) is 0 Å². The molecule has 0 saturated heterocycles. The summed E-state index contributed by atoms with van der Waals surface area (Å²) in [5.74, 6) is -0.517.